The van der Waals surface area contributed by atoms with E-state index in [2.05, 4.69) is 10.6 Å². The van der Waals surface area contributed by atoms with Crippen molar-refractivity contribution in [2.75, 3.05) is 0 Å². The lowest BCUT2D eigenvalue weighted by molar-refractivity contribution is -0.147. The van der Waals surface area contributed by atoms with Gasteiger partial charge >= 0.3 is 5.92 Å². The molecule has 0 bridgehead atoms. The van der Waals surface area contributed by atoms with Crippen molar-refractivity contribution in [3.05, 3.63) is 63.7 Å². The number of amides is 4. The van der Waals surface area contributed by atoms with Crippen LogP contribution in [0, 0.1) is 0 Å². The van der Waals surface area contributed by atoms with Gasteiger partial charge < -0.3 is 10.2 Å². The molecule has 0 aliphatic carbocycles. The minimum absolute atomic E-state index is 0.0447. The Morgan fingerprint density at radius 2 is 1.85 bits per heavy atom. The third kappa shape index (κ3) is 4.09. The van der Waals surface area contributed by atoms with Gasteiger partial charge in [0.1, 0.15) is 21.7 Å². The van der Waals surface area contributed by atoms with Gasteiger partial charge in [0.2, 0.25) is 11.8 Å². The first-order valence-electron chi connectivity index (χ1n) is 10.3. The molecule has 34 heavy (non-hydrogen) atoms. The SMILES string of the molecule is [B]c1c(CNC(=O)C(F)(F)c2ccc(Cl)cc2)ccc2c1C([B])N(C1CCC(=O)NC1=O)C2=O. The van der Waals surface area contributed by atoms with E-state index in [1.807, 2.05) is 0 Å². The average Bonchev–Trinajstić information content (AvgIpc) is 3.04. The van der Waals surface area contributed by atoms with E-state index < -0.39 is 47.1 Å². The second kappa shape index (κ2) is 8.87. The Morgan fingerprint density at radius 1 is 1.18 bits per heavy atom. The van der Waals surface area contributed by atoms with Crippen LogP contribution in [-0.2, 0) is 26.9 Å². The number of carbonyl (C=O) groups is 4. The largest absolute Gasteiger partial charge is 0.349 e. The van der Waals surface area contributed by atoms with Crippen LogP contribution >= 0.6 is 11.6 Å². The number of hydrogen-bond acceptors (Lipinski definition) is 4. The highest BCUT2D eigenvalue weighted by Crippen LogP contribution is 2.34. The van der Waals surface area contributed by atoms with Crippen LogP contribution in [0.4, 0.5) is 8.78 Å². The van der Waals surface area contributed by atoms with Gasteiger partial charge in [0, 0.05) is 35.1 Å². The van der Waals surface area contributed by atoms with E-state index in [-0.39, 0.29) is 46.6 Å². The lowest BCUT2D eigenvalue weighted by atomic mass is 9.76. The van der Waals surface area contributed by atoms with Crippen LogP contribution in [0.5, 0.6) is 0 Å². The zero-order valence-electron chi connectivity index (χ0n) is 17.6. The van der Waals surface area contributed by atoms with E-state index in [0.29, 0.717) is 0 Å². The van der Waals surface area contributed by atoms with Crippen molar-refractivity contribution in [2.24, 2.45) is 0 Å². The summed E-state index contributed by atoms with van der Waals surface area (Å²) < 4.78 is 29.0. The van der Waals surface area contributed by atoms with Crippen LogP contribution in [0.15, 0.2) is 36.4 Å². The summed E-state index contributed by atoms with van der Waals surface area (Å²) in [6, 6.07) is 6.51. The van der Waals surface area contributed by atoms with E-state index >= 15 is 0 Å². The van der Waals surface area contributed by atoms with Crippen LogP contribution in [-0.4, -0.2) is 50.3 Å². The minimum Gasteiger partial charge on any atom is -0.346 e. The monoisotopic (exact) mass is 481 g/mol. The lowest BCUT2D eigenvalue weighted by Gasteiger charge is -2.33. The molecular weight excluding hydrogens is 465 g/mol. The maximum absolute atomic E-state index is 14.5. The van der Waals surface area contributed by atoms with Gasteiger partial charge in [-0.05, 0) is 35.7 Å². The number of nitrogens with one attached hydrogen (secondary N) is 2. The van der Waals surface area contributed by atoms with Gasteiger partial charge in [-0.25, -0.2) is 0 Å². The van der Waals surface area contributed by atoms with Gasteiger partial charge in [-0.1, -0.05) is 35.3 Å². The molecule has 170 valence electrons. The van der Waals surface area contributed by atoms with Crippen molar-refractivity contribution in [3.8, 4) is 0 Å². The van der Waals surface area contributed by atoms with E-state index in [9.17, 15) is 28.0 Å². The number of nitrogens with zero attached hydrogens (tertiary/aromatic N) is 1. The van der Waals surface area contributed by atoms with Crippen molar-refractivity contribution in [3.63, 3.8) is 0 Å². The number of fused-ring (bicyclic) bond motifs is 1. The predicted molar refractivity (Wildman–Crippen MR) is 120 cm³/mol. The molecule has 2 aromatic rings. The third-order valence-electron chi connectivity index (χ3n) is 5.92. The molecule has 0 aromatic heterocycles. The summed E-state index contributed by atoms with van der Waals surface area (Å²) in [6.07, 6.45) is 0.165. The Kier molecular flexibility index (Phi) is 6.24. The molecule has 2 heterocycles. The summed E-state index contributed by atoms with van der Waals surface area (Å²) in [5.74, 6) is -8.05. The molecule has 2 aliphatic rings. The van der Waals surface area contributed by atoms with Gasteiger partial charge in [-0.2, -0.15) is 8.78 Å². The molecule has 7 nitrogen and oxygen atoms in total. The molecule has 0 spiro atoms. The molecule has 1 fully saturated rings. The predicted octanol–water partition coefficient (Wildman–Crippen LogP) is 0.970. The number of benzene rings is 2. The van der Waals surface area contributed by atoms with Crippen molar-refractivity contribution >= 4 is 56.4 Å². The fourth-order valence-electron chi connectivity index (χ4n) is 4.11. The molecule has 2 unspecified atom stereocenters. The fraction of sp³-hybridized carbons (Fsp3) is 0.273. The average molecular weight is 481 g/mol. The Labute approximate surface area is 201 Å². The zero-order valence-corrected chi connectivity index (χ0v) is 18.4. The summed E-state index contributed by atoms with van der Waals surface area (Å²) in [4.78, 5) is 50.0. The van der Waals surface area contributed by atoms with Crippen molar-refractivity contribution < 1.29 is 28.0 Å². The molecule has 2 atom stereocenters. The van der Waals surface area contributed by atoms with Gasteiger partial charge in [0.05, 0.1) is 0 Å². The molecule has 4 rings (SSSR count). The first-order chi connectivity index (χ1) is 16.0. The Balaban J connectivity index is 1.53. The molecule has 0 saturated carbocycles. The number of halogens is 3. The van der Waals surface area contributed by atoms with E-state index in [4.69, 9.17) is 27.3 Å². The highest BCUT2D eigenvalue weighted by molar-refractivity contribution is 6.37. The third-order valence-corrected chi connectivity index (χ3v) is 6.17. The maximum atomic E-state index is 14.5. The number of piperidine rings is 1. The summed E-state index contributed by atoms with van der Waals surface area (Å²) in [7, 11) is 12.4. The number of alkyl halides is 2. The Bertz CT molecular complexity index is 1210. The number of hydrogen-bond donors (Lipinski definition) is 2. The highest BCUT2D eigenvalue weighted by atomic mass is 35.5. The Morgan fingerprint density at radius 3 is 2.50 bits per heavy atom. The summed E-state index contributed by atoms with van der Waals surface area (Å²) in [5, 5.41) is 4.59. The van der Waals surface area contributed by atoms with E-state index in [1.54, 1.807) is 0 Å². The van der Waals surface area contributed by atoms with Crippen molar-refractivity contribution in [1.29, 1.82) is 0 Å². The summed E-state index contributed by atoms with van der Waals surface area (Å²) >= 11 is 5.71. The quantitative estimate of drug-likeness (QED) is 0.492. The molecule has 2 aliphatic heterocycles. The highest BCUT2D eigenvalue weighted by Gasteiger charge is 2.44. The Hall–Kier alpha value is -3.20. The van der Waals surface area contributed by atoms with E-state index in [1.165, 1.54) is 24.3 Å². The molecular formula is C22H16B2ClF2N3O4. The van der Waals surface area contributed by atoms with Crippen LogP contribution in [0.25, 0.3) is 0 Å². The first kappa shape index (κ1) is 23.9. The number of imide groups is 1. The van der Waals surface area contributed by atoms with Gasteiger partial charge in [0.15, 0.2) is 0 Å². The van der Waals surface area contributed by atoms with Crippen LogP contribution < -0.4 is 16.1 Å². The minimum atomic E-state index is -3.81. The summed E-state index contributed by atoms with van der Waals surface area (Å²) in [5.41, 5.74) is 0.182. The van der Waals surface area contributed by atoms with Crippen LogP contribution in [0.3, 0.4) is 0 Å². The smallest absolute Gasteiger partial charge is 0.346 e. The lowest BCUT2D eigenvalue weighted by Crippen LogP contribution is -2.53. The van der Waals surface area contributed by atoms with Gasteiger partial charge in [-0.15, -0.1) is 0 Å². The second-order valence-electron chi connectivity index (χ2n) is 7.99. The summed E-state index contributed by atoms with van der Waals surface area (Å²) in [6.45, 7) is -0.347. The molecule has 12 heteroatoms. The molecule has 2 N–H and O–H groups in total. The first-order valence-corrected chi connectivity index (χ1v) is 10.7. The molecule has 4 amide bonds. The standard InChI is InChI=1S/C22H16B2ClF2N3O4/c23-17-10(9-28-21(34)22(26,27)11-2-4-12(25)5-3-11)1-6-13-16(17)18(24)30(20(13)33)14-7-8-15(31)29-19(14)32/h1-6,14,18H,7-9H2,(H,28,34)(H,29,31,32). The molecule has 4 radical (unpaired) electrons. The van der Waals surface area contributed by atoms with Crippen molar-refractivity contribution in [2.45, 2.75) is 37.3 Å². The van der Waals surface area contributed by atoms with Crippen LogP contribution in [0.1, 0.15) is 45.8 Å². The normalized spacial score (nSPS) is 20.2. The number of rotatable bonds is 5. The van der Waals surface area contributed by atoms with E-state index in [0.717, 1.165) is 17.0 Å². The molecule has 1 saturated heterocycles. The van der Waals surface area contributed by atoms with Crippen LogP contribution in [0.2, 0.25) is 5.02 Å². The molecule has 2 aromatic carbocycles. The fourth-order valence-corrected chi connectivity index (χ4v) is 4.23. The maximum Gasteiger partial charge on any atom is 0.349 e. The van der Waals surface area contributed by atoms with Crippen molar-refractivity contribution in [1.82, 2.24) is 15.5 Å². The van der Waals surface area contributed by atoms with Gasteiger partial charge in [-0.3, -0.25) is 24.5 Å². The number of carbonyl (C=O) groups excluding carboxylic acids is 4. The topological polar surface area (TPSA) is 95.6 Å². The zero-order chi connectivity index (χ0) is 24.8. The second-order valence-corrected chi connectivity index (χ2v) is 8.42. The van der Waals surface area contributed by atoms with Gasteiger partial charge in [0.25, 0.3) is 11.8 Å².